The summed E-state index contributed by atoms with van der Waals surface area (Å²) in [6.07, 6.45) is 1.52. The first-order valence-electron chi connectivity index (χ1n) is 6.34. The first-order chi connectivity index (χ1) is 10.0. The number of nitrogens with zero attached hydrogens (tertiary/aromatic N) is 3. The molecular formula is C13H15N5OS2. The van der Waals surface area contributed by atoms with Crippen molar-refractivity contribution in [1.29, 1.82) is 5.26 Å². The van der Waals surface area contributed by atoms with Crippen LogP contribution in [0.3, 0.4) is 0 Å². The van der Waals surface area contributed by atoms with Crippen molar-refractivity contribution in [2.24, 2.45) is 0 Å². The molecule has 8 heteroatoms. The lowest BCUT2D eigenvalue weighted by atomic mass is 10.1. The largest absolute Gasteiger partial charge is 0.298 e. The monoisotopic (exact) mass is 321 g/mol. The van der Waals surface area contributed by atoms with Gasteiger partial charge in [0.25, 0.3) is 5.91 Å². The van der Waals surface area contributed by atoms with Crippen LogP contribution in [0.2, 0.25) is 0 Å². The van der Waals surface area contributed by atoms with Gasteiger partial charge in [-0.05, 0) is 12.8 Å². The summed E-state index contributed by atoms with van der Waals surface area (Å²) in [5.41, 5.74) is 2.16. The molecule has 21 heavy (non-hydrogen) atoms. The van der Waals surface area contributed by atoms with Crippen molar-refractivity contribution in [3.05, 3.63) is 23.1 Å². The van der Waals surface area contributed by atoms with E-state index in [0.29, 0.717) is 16.4 Å². The number of hydrogen-bond acceptors (Lipinski definition) is 6. The third-order valence-electron chi connectivity index (χ3n) is 2.73. The van der Waals surface area contributed by atoms with Crippen LogP contribution in [-0.4, -0.2) is 26.8 Å². The first-order valence-corrected chi connectivity index (χ1v) is 8.15. The fraction of sp³-hybridized carbons (Fsp3) is 0.385. The van der Waals surface area contributed by atoms with Crippen LogP contribution in [0.4, 0.5) is 5.13 Å². The minimum atomic E-state index is -0.224. The highest BCUT2D eigenvalue weighted by Gasteiger charge is 2.18. The Hall–Kier alpha value is -1.85. The fourth-order valence-electron chi connectivity index (χ4n) is 1.75. The molecule has 0 spiro atoms. The zero-order valence-corrected chi connectivity index (χ0v) is 13.6. The second kappa shape index (κ2) is 6.74. The molecule has 0 aliphatic rings. The number of carbonyl (C=O) groups is 1. The average molecular weight is 321 g/mol. The van der Waals surface area contributed by atoms with Gasteiger partial charge in [-0.1, -0.05) is 36.9 Å². The van der Waals surface area contributed by atoms with Crippen LogP contribution in [0, 0.1) is 18.3 Å². The van der Waals surface area contributed by atoms with Crippen LogP contribution < -0.4 is 5.32 Å². The van der Waals surface area contributed by atoms with Gasteiger partial charge in [0.1, 0.15) is 0 Å². The molecule has 110 valence electrons. The summed E-state index contributed by atoms with van der Waals surface area (Å²) in [5, 5.41) is 18.7. The maximum atomic E-state index is 12.3. The summed E-state index contributed by atoms with van der Waals surface area (Å²) >= 11 is 2.80. The molecule has 2 heterocycles. The van der Waals surface area contributed by atoms with E-state index in [2.05, 4.69) is 26.6 Å². The summed E-state index contributed by atoms with van der Waals surface area (Å²) in [7, 11) is 0. The number of carbonyl (C=O) groups excluding carboxylic acids is 1. The lowest BCUT2D eigenvalue weighted by Crippen LogP contribution is -2.13. The van der Waals surface area contributed by atoms with Crippen LogP contribution >= 0.6 is 23.1 Å². The molecule has 0 fully saturated rings. The van der Waals surface area contributed by atoms with E-state index in [9.17, 15) is 4.79 Å². The molecule has 2 aromatic heterocycles. The molecule has 0 radical (unpaired) electrons. The van der Waals surface area contributed by atoms with Crippen molar-refractivity contribution >= 4 is 34.1 Å². The van der Waals surface area contributed by atoms with Crippen molar-refractivity contribution in [3.8, 4) is 6.07 Å². The van der Waals surface area contributed by atoms with Crippen LogP contribution in [0.1, 0.15) is 41.5 Å². The van der Waals surface area contributed by atoms with E-state index >= 15 is 0 Å². The first kappa shape index (κ1) is 15.5. The lowest BCUT2D eigenvalue weighted by molar-refractivity contribution is 0.102. The van der Waals surface area contributed by atoms with Crippen molar-refractivity contribution in [2.45, 2.75) is 30.9 Å². The standard InChI is InChI=1S/C13H15N5OS2/c1-7(2)10-9(6-15-18-10)11(19)17-13-16-8(3)12(21-13)20-5-4-14/h6-7H,5H2,1-3H3,(H,15,18)(H,16,17,19). The Kier molecular flexibility index (Phi) is 4.98. The molecule has 2 N–H and O–H groups in total. The Bertz CT molecular complexity index is 683. The van der Waals surface area contributed by atoms with E-state index in [-0.39, 0.29) is 11.8 Å². The molecule has 2 aromatic rings. The van der Waals surface area contributed by atoms with Crippen molar-refractivity contribution in [3.63, 3.8) is 0 Å². The summed E-state index contributed by atoms with van der Waals surface area (Å²) < 4.78 is 0.947. The molecule has 6 nitrogen and oxygen atoms in total. The van der Waals surface area contributed by atoms with E-state index in [0.717, 1.165) is 15.6 Å². The molecule has 0 aromatic carbocycles. The Morgan fingerprint density at radius 2 is 2.38 bits per heavy atom. The van der Waals surface area contributed by atoms with Gasteiger partial charge < -0.3 is 0 Å². The summed E-state index contributed by atoms with van der Waals surface area (Å²) in [6.45, 7) is 5.85. The van der Waals surface area contributed by atoms with Crippen LogP contribution in [0.15, 0.2) is 10.4 Å². The van der Waals surface area contributed by atoms with Crippen molar-refractivity contribution < 1.29 is 4.79 Å². The number of nitrogens with one attached hydrogen (secondary N) is 2. The highest BCUT2D eigenvalue weighted by atomic mass is 32.2. The number of anilines is 1. The number of nitriles is 1. The van der Waals surface area contributed by atoms with Gasteiger partial charge in [-0.3, -0.25) is 15.2 Å². The smallest absolute Gasteiger partial charge is 0.260 e. The van der Waals surface area contributed by atoms with Gasteiger partial charge in [0.05, 0.1) is 39.2 Å². The normalized spacial score (nSPS) is 10.6. The minimum absolute atomic E-state index is 0.188. The summed E-state index contributed by atoms with van der Waals surface area (Å²) in [6, 6.07) is 2.08. The number of rotatable bonds is 5. The highest BCUT2D eigenvalue weighted by molar-refractivity contribution is 8.01. The molecule has 0 bridgehead atoms. The number of amides is 1. The van der Waals surface area contributed by atoms with Gasteiger partial charge in [-0.2, -0.15) is 10.4 Å². The maximum Gasteiger partial charge on any atom is 0.260 e. The average Bonchev–Trinajstić information content (AvgIpc) is 3.03. The molecule has 0 aliphatic carbocycles. The van der Waals surface area contributed by atoms with E-state index in [1.807, 2.05) is 20.8 Å². The summed E-state index contributed by atoms with van der Waals surface area (Å²) in [4.78, 5) is 16.6. The van der Waals surface area contributed by atoms with Gasteiger partial charge >= 0.3 is 0 Å². The van der Waals surface area contributed by atoms with Gasteiger partial charge in [0.15, 0.2) is 5.13 Å². The maximum absolute atomic E-state index is 12.3. The molecule has 0 saturated carbocycles. The minimum Gasteiger partial charge on any atom is -0.298 e. The number of H-pyrrole nitrogens is 1. The molecule has 2 rings (SSSR count). The van der Waals surface area contributed by atoms with Gasteiger partial charge in [-0.15, -0.1) is 0 Å². The van der Waals surface area contributed by atoms with E-state index in [1.54, 1.807) is 0 Å². The Labute approximate surface area is 131 Å². The third kappa shape index (κ3) is 3.62. The van der Waals surface area contributed by atoms with Crippen molar-refractivity contribution in [1.82, 2.24) is 15.2 Å². The quantitative estimate of drug-likeness (QED) is 0.825. The molecule has 0 aliphatic heterocycles. The zero-order valence-electron chi connectivity index (χ0n) is 11.9. The number of aryl methyl sites for hydroxylation is 1. The van der Waals surface area contributed by atoms with E-state index in [1.165, 1.54) is 29.3 Å². The molecular weight excluding hydrogens is 306 g/mol. The number of thioether (sulfide) groups is 1. The molecule has 0 saturated heterocycles. The predicted molar refractivity (Wildman–Crippen MR) is 83.8 cm³/mol. The van der Waals surface area contributed by atoms with E-state index in [4.69, 9.17) is 5.26 Å². The van der Waals surface area contributed by atoms with Gasteiger partial charge in [-0.25, -0.2) is 4.98 Å². The molecule has 1 amide bonds. The van der Waals surface area contributed by atoms with Gasteiger partial charge in [0, 0.05) is 0 Å². The number of hydrogen-bond donors (Lipinski definition) is 2. The van der Waals surface area contributed by atoms with Crippen LogP contribution in [0.25, 0.3) is 0 Å². The number of aromatic nitrogens is 3. The SMILES string of the molecule is Cc1nc(NC(=O)c2cn[nH]c2C(C)C)sc1SCC#N. The number of thiazole rings is 1. The lowest BCUT2D eigenvalue weighted by Gasteiger charge is -2.05. The topological polar surface area (TPSA) is 94.5 Å². The second-order valence-electron chi connectivity index (χ2n) is 4.64. The highest BCUT2D eigenvalue weighted by Crippen LogP contribution is 2.32. The third-order valence-corrected chi connectivity index (χ3v) is 5.04. The molecule has 0 atom stereocenters. The van der Waals surface area contributed by atoms with E-state index < -0.39 is 0 Å². The van der Waals surface area contributed by atoms with Crippen LogP contribution in [0.5, 0.6) is 0 Å². The Balaban J connectivity index is 2.13. The Morgan fingerprint density at radius 3 is 3.05 bits per heavy atom. The zero-order chi connectivity index (χ0) is 15.4. The Morgan fingerprint density at radius 1 is 1.62 bits per heavy atom. The molecule has 0 unspecified atom stereocenters. The second-order valence-corrected chi connectivity index (χ2v) is 6.89. The van der Waals surface area contributed by atoms with Crippen LogP contribution in [-0.2, 0) is 0 Å². The van der Waals surface area contributed by atoms with Crippen molar-refractivity contribution in [2.75, 3.05) is 11.1 Å². The predicted octanol–water partition coefficient (Wildman–Crippen LogP) is 3.17. The fourth-order valence-corrected chi connectivity index (χ4v) is 3.54. The number of aromatic amines is 1. The summed E-state index contributed by atoms with van der Waals surface area (Å²) in [5.74, 6) is 0.335. The van der Waals surface area contributed by atoms with Gasteiger partial charge in [0.2, 0.25) is 0 Å².